The molecular weight excluding hydrogens is 266 g/mol. The Kier molecular flexibility index (Phi) is 7.83. The second-order valence-corrected chi connectivity index (χ2v) is 5.25. The highest BCUT2D eigenvalue weighted by Gasteiger charge is 2.17. The lowest BCUT2D eigenvalue weighted by Crippen LogP contribution is -2.28. The maximum atomic E-state index is 10.5. The summed E-state index contributed by atoms with van der Waals surface area (Å²) in [6, 6.07) is 8.42. The van der Waals surface area contributed by atoms with Gasteiger partial charge in [0, 0.05) is 18.0 Å². The number of carbonyl (C=O) groups is 1. The maximum absolute atomic E-state index is 10.5. The number of benzene rings is 1. The molecule has 0 radical (unpaired) electrons. The van der Waals surface area contributed by atoms with Crippen molar-refractivity contribution >= 4 is 5.97 Å². The van der Waals surface area contributed by atoms with Gasteiger partial charge < -0.3 is 9.84 Å². The molecule has 1 N–H and O–H groups in total. The maximum Gasteiger partial charge on any atom is 0.303 e. The quantitative estimate of drug-likeness (QED) is 0.668. The van der Waals surface area contributed by atoms with Crippen LogP contribution < -0.4 is 4.74 Å². The summed E-state index contributed by atoms with van der Waals surface area (Å²) in [5.41, 5.74) is 1.20. The largest absolute Gasteiger partial charge is 0.496 e. The summed E-state index contributed by atoms with van der Waals surface area (Å²) < 4.78 is 5.44. The number of carboxylic acid groups (broad SMARTS) is 1. The summed E-state index contributed by atoms with van der Waals surface area (Å²) in [5, 5.41) is 8.64. The molecule has 0 fully saturated rings. The molecular formula is C17H27NO3. The summed E-state index contributed by atoms with van der Waals surface area (Å²) >= 11 is 0. The number of aliphatic carboxylic acids is 1. The van der Waals surface area contributed by atoms with Crippen LogP contribution in [0.2, 0.25) is 0 Å². The summed E-state index contributed by atoms with van der Waals surface area (Å²) in [6.45, 7) is 6.30. The summed E-state index contributed by atoms with van der Waals surface area (Å²) in [6.07, 6.45) is 3.02. The molecule has 0 aliphatic heterocycles. The lowest BCUT2D eigenvalue weighted by atomic mass is 10.0. The number of rotatable bonds is 10. The minimum Gasteiger partial charge on any atom is -0.496 e. The van der Waals surface area contributed by atoms with Crippen LogP contribution in [0, 0.1) is 0 Å². The molecule has 0 saturated carbocycles. The van der Waals surface area contributed by atoms with Gasteiger partial charge in [-0.25, -0.2) is 0 Å². The average Bonchev–Trinajstić information content (AvgIpc) is 2.50. The van der Waals surface area contributed by atoms with Gasteiger partial charge in [-0.2, -0.15) is 0 Å². The molecule has 0 aliphatic carbocycles. The lowest BCUT2D eigenvalue weighted by Gasteiger charge is -2.29. The smallest absolute Gasteiger partial charge is 0.303 e. The zero-order valence-electron chi connectivity index (χ0n) is 13.3. The summed E-state index contributed by atoms with van der Waals surface area (Å²) in [7, 11) is 1.70. The molecule has 4 nitrogen and oxygen atoms in total. The van der Waals surface area contributed by atoms with Crippen LogP contribution in [-0.2, 0) is 4.79 Å². The second-order valence-electron chi connectivity index (χ2n) is 5.25. The number of unbranched alkanes of at least 4 members (excludes halogenated alkanes) is 2. The molecule has 1 aromatic rings. The van der Waals surface area contributed by atoms with Crippen LogP contribution in [0.3, 0.4) is 0 Å². The number of nitrogens with zero attached hydrogens (tertiary/aromatic N) is 1. The minimum atomic E-state index is -0.704. The average molecular weight is 293 g/mol. The van der Waals surface area contributed by atoms with Crippen molar-refractivity contribution in [2.45, 2.75) is 45.6 Å². The first-order chi connectivity index (χ1) is 10.1. The fraction of sp³-hybridized carbons (Fsp3) is 0.588. The van der Waals surface area contributed by atoms with Gasteiger partial charge in [-0.3, -0.25) is 9.69 Å². The predicted molar refractivity (Wildman–Crippen MR) is 84.8 cm³/mol. The predicted octanol–water partition coefficient (Wildman–Crippen LogP) is 3.72. The van der Waals surface area contributed by atoms with E-state index in [1.165, 1.54) is 5.56 Å². The van der Waals surface area contributed by atoms with Crippen molar-refractivity contribution in [1.29, 1.82) is 0 Å². The Bertz CT molecular complexity index is 434. The Hall–Kier alpha value is -1.55. The van der Waals surface area contributed by atoms with Crippen LogP contribution in [0.4, 0.5) is 0 Å². The van der Waals surface area contributed by atoms with E-state index in [1.807, 2.05) is 18.2 Å². The third kappa shape index (κ3) is 5.76. The van der Waals surface area contributed by atoms with E-state index in [-0.39, 0.29) is 6.42 Å². The van der Waals surface area contributed by atoms with Crippen molar-refractivity contribution in [3.8, 4) is 5.75 Å². The van der Waals surface area contributed by atoms with Gasteiger partial charge in [-0.15, -0.1) is 0 Å². The van der Waals surface area contributed by atoms with E-state index in [4.69, 9.17) is 9.84 Å². The molecule has 1 rings (SSSR count). The Morgan fingerprint density at radius 2 is 2.00 bits per heavy atom. The van der Waals surface area contributed by atoms with E-state index >= 15 is 0 Å². The number of hydrogen-bond donors (Lipinski definition) is 1. The number of ether oxygens (including phenoxy) is 1. The number of carboxylic acids is 1. The van der Waals surface area contributed by atoms with Crippen molar-refractivity contribution in [2.24, 2.45) is 0 Å². The van der Waals surface area contributed by atoms with Gasteiger partial charge in [-0.05, 0) is 38.9 Å². The van der Waals surface area contributed by atoms with Gasteiger partial charge in [0.2, 0.25) is 0 Å². The first-order valence-corrected chi connectivity index (χ1v) is 7.68. The summed E-state index contributed by atoms with van der Waals surface area (Å²) in [5.74, 6) is 0.221. The van der Waals surface area contributed by atoms with Crippen molar-refractivity contribution < 1.29 is 14.6 Å². The number of para-hydroxylation sites is 1. The van der Waals surface area contributed by atoms with Crippen molar-refractivity contribution in [2.75, 3.05) is 20.2 Å². The minimum absolute atomic E-state index is 0.272. The van der Waals surface area contributed by atoms with Crippen molar-refractivity contribution in [3.63, 3.8) is 0 Å². The third-order valence-corrected chi connectivity index (χ3v) is 3.88. The molecule has 0 heterocycles. The molecule has 1 aromatic carbocycles. The zero-order chi connectivity index (χ0) is 15.7. The van der Waals surface area contributed by atoms with Gasteiger partial charge in [0.05, 0.1) is 7.11 Å². The van der Waals surface area contributed by atoms with E-state index in [0.717, 1.165) is 38.1 Å². The van der Waals surface area contributed by atoms with Gasteiger partial charge in [0.1, 0.15) is 5.75 Å². The van der Waals surface area contributed by atoms with Crippen LogP contribution in [-0.4, -0.2) is 36.2 Å². The zero-order valence-corrected chi connectivity index (χ0v) is 13.3. The molecule has 0 amide bonds. The van der Waals surface area contributed by atoms with E-state index in [2.05, 4.69) is 24.8 Å². The monoisotopic (exact) mass is 293 g/mol. The Morgan fingerprint density at radius 3 is 2.62 bits per heavy atom. The fourth-order valence-electron chi connectivity index (χ4n) is 2.60. The molecule has 118 valence electrons. The Balaban J connectivity index is 2.52. The van der Waals surface area contributed by atoms with Gasteiger partial charge in [-0.1, -0.05) is 31.5 Å². The summed E-state index contributed by atoms with van der Waals surface area (Å²) in [4.78, 5) is 12.9. The van der Waals surface area contributed by atoms with Crippen molar-refractivity contribution in [1.82, 2.24) is 4.90 Å². The second kappa shape index (κ2) is 9.40. The molecule has 0 bridgehead atoms. The van der Waals surface area contributed by atoms with Crippen LogP contribution in [0.25, 0.3) is 0 Å². The first kappa shape index (κ1) is 17.5. The Morgan fingerprint density at radius 1 is 1.29 bits per heavy atom. The van der Waals surface area contributed by atoms with Gasteiger partial charge >= 0.3 is 5.97 Å². The highest BCUT2D eigenvalue weighted by molar-refractivity contribution is 5.66. The van der Waals surface area contributed by atoms with E-state index < -0.39 is 5.97 Å². The first-order valence-electron chi connectivity index (χ1n) is 7.68. The highest BCUT2D eigenvalue weighted by Crippen LogP contribution is 2.28. The Labute approximate surface area is 127 Å². The molecule has 0 aliphatic rings. The van der Waals surface area contributed by atoms with Crippen molar-refractivity contribution in [3.05, 3.63) is 29.8 Å². The highest BCUT2D eigenvalue weighted by atomic mass is 16.5. The number of hydrogen-bond acceptors (Lipinski definition) is 3. The van der Waals surface area contributed by atoms with Gasteiger partial charge in [0.25, 0.3) is 0 Å². The van der Waals surface area contributed by atoms with E-state index in [0.29, 0.717) is 6.04 Å². The molecule has 4 heteroatoms. The molecule has 21 heavy (non-hydrogen) atoms. The van der Waals surface area contributed by atoms with Gasteiger partial charge in [0.15, 0.2) is 0 Å². The van der Waals surface area contributed by atoms with Crippen LogP contribution in [0.15, 0.2) is 24.3 Å². The van der Waals surface area contributed by atoms with Crippen LogP contribution in [0.5, 0.6) is 5.75 Å². The fourth-order valence-corrected chi connectivity index (χ4v) is 2.60. The number of methoxy groups -OCH3 is 1. The van der Waals surface area contributed by atoms with Crippen LogP contribution in [0.1, 0.15) is 51.1 Å². The topological polar surface area (TPSA) is 49.8 Å². The lowest BCUT2D eigenvalue weighted by molar-refractivity contribution is -0.137. The molecule has 0 unspecified atom stereocenters. The molecule has 1 atom stereocenters. The SMILES string of the molecule is CCN(CCCCCC(=O)O)[C@@H](C)c1ccccc1OC. The molecule has 0 spiro atoms. The van der Waals surface area contributed by atoms with Crippen LogP contribution >= 0.6 is 0 Å². The molecule has 0 aromatic heterocycles. The third-order valence-electron chi connectivity index (χ3n) is 3.88. The standard InChI is InChI=1S/C17H27NO3/c1-4-18(13-9-5-6-12-17(19)20)14(2)15-10-7-8-11-16(15)21-3/h7-8,10-11,14H,4-6,9,12-13H2,1-3H3,(H,19,20)/t14-/m0/s1. The normalized spacial score (nSPS) is 12.4. The van der Waals surface area contributed by atoms with E-state index in [1.54, 1.807) is 7.11 Å². The van der Waals surface area contributed by atoms with E-state index in [9.17, 15) is 4.79 Å². The molecule has 0 saturated heterocycles.